The van der Waals surface area contributed by atoms with Gasteiger partial charge >= 0.3 is 0 Å². The van der Waals surface area contributed by atoms with Crippen molar-refractivity contribution in [3.8, 4) is 11.5 Å². The first-order chi connectivity index (χ1) is 18.5. The highest BCUT2D eigenvalue weighted by Crippen LogP contribution is 2.38. The number of aromatic nitrogens is 2. The minimum Gasteiger partial charge on any atom is -0.497 e. The number of rotatable bonds is 7. The number of aromatic amines is 1. The first-order valence-electron chi connectivity index (χ1n) is 12.7. The molecule has 2 bridgehead atoms. The molecule has 0 saturated carbocycles. The van der Waals surface area contributed by atoms with E-state index in [9.17, 15) is 13.6 Å². The van der Waals surface area contributed by atoms with Crippen LogP contribution in [0, 0.1) is 11.6 Å². The molecule has 6 rings (SSSR count). The molecular weight excluding hydrogens is 508 g/mol. The lowest BCUT2D eigenvalue weighted by molar-refractivity contribution is 0.0349. The van der Waals surface area contributed by atoms with Gasteiger partial charge in [0, 0.05) is 48.4 Å². The van der Waals surface area contributed by atoms with Crippen molar-refractivity contribution >= 4 is 28.7 Å². The third-order valence-electron chi connectivity index (χ3n) is 7.36. The normalized spacial score (nSPS) is 20.6. The van der Waals surface area contributed by atoms with Gasteiger partial charge in [0.2, 0.25) is 0 Å². The standard InChI is InChI=1S/C29H27F2N3O3S/c1-36-22-9-10-25-26(15-22)33-29(32-25)38-16-17-2-4-18(5-3-17)28(35)34-20-7-8-21(34)14-23(13-20)37-27-11-6-19(30)12-24(27)31/h2-6,9-12,15,20-21,23H,7-8,13-14,16H2,1H3,(H,32,33)/t20-,21-/m0/s1. The summed E-state index contributed by atoms with van der Waals surface area (Å²) >= 11 is 1.60. The van der Waals surface area contributed by atoms with Crippen LogP contribution in [-0.2, 0) is 5.75 Å². The number of ether oxygens (including phenoxy) is 2. The van der Waals surface area contributed by atoms with E-state index in [0.29, 0.717) is 18.4 Å². The highest BCUT2D eigenvalue weighted by molar-refractivity contribution is 7.98. The van der Waals surface area contributed by atoms with Gasteiger partial charge in [-0.05, 0) is 54.8 Å². The Labute approximate surface area is 223 Å². The van der Waals surface area contributed by atoms with E-state index in [1.807, 2.05) is 47.4 Å². The van der Waals surface area contributed by atoms with Crippen molar-refractivity contribution in [1.29, 1.82) is 0 Å². The Morgan fingerprint density at radius 2 is 1.82 bits per heavy atom. The lowest BCUT2D eigenvalue weighted by Gasteiger charge is -2.39. The summed E-state index contributed by atoms with van der Waals surface area (Å²) in [5.74, 6) is 0.259. The average Bonchev–Trinajstić information content (AvgIpc) is 3.45. The molecule has 1 amide bonds. The zero-order chi connectivity index (χ0) is 26.2. The molecule has 0 unspecified atom stereocenters. The quantitative estimate of drug-likeness (QED) is 0.279. The van der Waals surface area contributed by atoms with E-state index in [-0.39, 0.29) is 29.8 Å². The Hall–Kier alpha value is -3.59. The first kappa shape index (κ1) is 24.7. The number of piperidine rings is 1. The molecule has 2 aliphatic rings. The van der Waals surface area contributed by atoms with E-state index in [1.54, 1.807) is 18.9 Å². The van der Waals surface area contributed by atoms with Gasteiger partial charge in [0.15, 0.2) is 16.7 Å². The summed E-state index contributed by atoms with van der Waals surface area (Å²) < 4.78 is 38.4. The SMILES string of the molecule is COc1ccc2nc(SCc3ccc(C(=O)N4[C@H]5CC[C@H]4CC(Oc4ccc(F)cc4F)C5)cc3)[nH]c2c1. The van der Waals surface area contributed by atoms with Crippen LogP contribution in [0.2, 0.25) is 0 Å². The maximum atomic E-state index is 14.1. The lowest BCUT2D eigenvalue weighted by Crippen LogP contribution is -2.49. The van der Waals surface area contributed by atoms with Gasteiger partial charge in [-0.25, -0.2) is 13.8 Å². The molecule has 38 heavy (non-hydrogen) atoms. The molecule has 2 saturated heterocycles. The van der Waals surface area contributed by atoms with Gasteiger partial charge in [-0.3, -0.25) is 4.79 Å². The van der Waals surface area contributed by atoms with E-state index >= 15 is 0 Å². The third kappa shape index (κ3) is 4.95. The lowest BCUT2D eigenvalue weighted by atomic mass is 9.98. The molecule has 2 aliphatic heterocycles. The predicted molar refractivity (Wildman–Crippen MR) is 142 cm³/mol. The number of nitrogens with one attached hydrogen (secondary N) is 1. The molecule has 2 fully saturated rings. The number of thioether (sulfide) groups is 1. The second-order valence-corrected chi connectivity index (χ2v) is 10.8. The van der Waals surface area contributed by atoms with E-state index in [2.05, 4.69) is 9.97 Å². The maximum absolute atomic E-state index is 14.1. The minimum absolute atomic E-state index is 0.0225. The topological polar surface area (TPSA) is 67.4 Å². The number of fused-ring (bicyclic) bond motifs is 3. The Kier molecular flexibility index (Phi) is 6.69. The number of carbonyl (C=O) groups is 1. The van der Waals surface area contributed by atoms with E-state index < -0.39 is 11.6 Å². The van der Waals surface area contributed by atoms with Gasteiger partial charge in [0.05, 0.1) is 18.1 Å². The Balaban J connectivity index is 1.07. The van der Waals surface area contributed by atoms with Gasteiger partial charge in [-0.1, -0.05) is 23.9 Å². The van der Waals surface area contributed by atoms with Gasteiger partial charge in [-0.15, -0.1) is 0 Å². The van der Waals surface area contributed by atoms with Crippen LogP contribution in [-0.4, -0.2) is 46.1 Å². The maximum Gasteiger partial charge on any atom is 0.254 e. The van der Waals surface area contributed by atoms with Crippen molar-refractivity contribution in [2.75, 3.05) is 7.11 Å². The molecule has 0 aliphatic carbocycles. The molecule has 4 aromatic rings. The smallest absolute Gasteiger partial charge is 0.254 e. The molecule has 3 heterocycles. The van der Waals surface area contributed by atoms with Crippen LogP contribution in [0.3, 0.4) is 0 Å². The third-order valence-corrected chi connectivity index (χ3v) is 8.30. The fourth-order valence-electron chi connectivity index (χ4n) is 5.51. The van der Waals surface area contributed by atoms with Crippen LogP contribution >= 0.6 is 11.8 Å². The van der Waals surface area contributed by atoms with Crippen LogP contribution in [0.25, 0.3) is 11.0 Å². The number of carbonyl (C=O) groups excluding carboxylic acids is 1. The number of benzene rings is 3. The predicted octanol–water partition coefficient (Wildman–Crippen LogP) is 6.36. The number of hydrogen-bond donors (Lipinski definition) is 1. The summed E-state index contributed by atoms with van der Waals surface area (Å²) in [4.78, 5) is 23.3. The molecule has 6 nitrogen and oxygen atoms in total. The summed E-state index contributed by atoms with van der Waals surface area (Å²) in [5, 5.41) is 0.829. The molecule has 1 aromatic heterocycles. The largest absolute Gasteiger partial charge is 0.497 e. The summed E-state index contributed by atoms with van der Waals surface area (Å²) in [5.41, 5.74) is 3.58. The molecule has 0 spiro atoms. The molecular formula is C29H27F2N3O3S. The van der Waals surface area contributed by atoms with Crippen molar-refractivity contribution in [2.24, 2.45) is 0 Å². The van der Waals surface area contributed by atoms with Crippen molar-refractivity contribution < 1.29 is 23.0 Å². The van der Waals surface area contributed by atoms with Crippen molar-refractivity contribution in [3.63, 3.8) is 0 Å². The van der Waals surface area contributed by atoms with Gasteiger partial charge in [0.1, 0.15) is 17.7 Å². The van der Waals surface area contributed by atoms with Gasteiger partial charge in [-0.2, -0.15) is 0 Å². The van der Waals surface area contributed by atoms with Crippen molar-refractivity contribution in [3.05, 3.63) is 83.4 Å². The zero-order valence-electron chi connectivity index (χ0n) is 20.8. The number of halogens is 2. The minimum atomic E-state index is -0.699. The number of methoxy groups -OCH3 is 1. The Morgan fingerprint density at radius 1 is 1.05 bits per heavy atom. The average molecular weight is 536 g/mol. The van der Waals surface area contributed by atoms with E-state index in [0.717, 1.165) is 52.2 Å². The molecule has 1 N–H and O–H groups in total. The molecule has 2 atom stereocenters. The Bertz CT molecular complexity index is 1460. The second-order valence-electron chi connectivity index (χ2n) is 9.79. The fraction of sp³-hybridized carbons (Fsp3) is 0.310. The molecule has 9 heteroatoms. The summed E-state index contributed by atoms with van der Waals surface area (Å²) in [6.45, 7) is 0. The molecule has 3 aromatic carbocycles. The summed E-state index contributed by atoms with van der Waals surface area (Å²) in [6, 6.07) is 17.0. The monoisotopic (exact) mass is 535 g/mol. The second kappa shape index (κ2) is 10.3. The fourth-order valence-corrected chi connectivity index (χ4v) is 6.35. The number of H-pyrrole nitrogens is 1. The van der Waals surface area contributed by atoms with E-state index in [4.69, 9.17) is 9.47 Å². The van der Waals surface area contributed by atoms with Crippen LogP contribution < -0.4 is 9.47 Å². The summed E-state index contributed by atoms with van der Waals surface area (Å²) in [7, 11) is 1.64. The van der Waals surface area contributed by atoms with Crippen LogP contribution in [0.15, 0.2) is 65.8 Å². The zero-order valence-corrected chi connectivity index (χ0v) is 21.6. The first-order valence-corrected chi connectivity index (χ1v) is 13.7. The van der Waals surface area contributed by atoms with Crippen molar-refractivity contribution in [2.45, 2.75) is 54.8 Å². The summed E-state index contributed by atoms with van der Waals surface area (Å²) in [6.07, 6.45) is 2.88. The molecule has 196 valence electrons. The van der Waals surface area contributed by atoms with E-state index in [1.165, 1.54) is 12.1 Å². The number of hydrogen-bond acceptors (Lipinski definition) is 5. The van der Waals surface area contributed by atoms with Gasteiger partial charge < -0.3 is 19.4 Å². The Morgan fingerprint density at radius 3 is 2.53 bits per heavy atom. The highest BCUT2D eigenvalue weighted by Gasteiger charge is 2.44. The van der Waals surface area contributed by atoms with Gasteiger partial charge in [0.25, 0.3) is 5.91 Å². The van der Waals surface area contributed by atoms with Crippen LogP contribution in [0.1, 0.15) is 41.6 Å². The number of imidazole rings is 1. The number of amides is 1. The highest BCUT2D eigenvalue weighted by atomic mass is 32.2. The number of nitrogens with zero attached hydrogens (tertiary/aromatic N) is 2. The molecule has 0 radical (unpaired) electrons. The van der Waals surface area contributed by atoms with Crippen LogP contribution in [0.4, 0.5) is 8.78 Å². The van der Waals surface area contributed by atoms with Crippen molar-refractivity contribution in [1.82, 2.24) is 14.9 Å². The van der Waals surface area contributed by atoms with Crippen LogP contribution in [0.5, 0.6) is 11.5 Å².